The number of sulfonamides is 1. The largest absolute Gasteiger partial charge is 0.389 e. The lowest BCUT2D eigenvalue weighted by Crippen LogP contribution is -2.45. The number of hydrogen-bond donors (Lipinski definition) is 2. The maximum Gasteiger partial charge on any atom is 0.240 e. The highest BCUT2D eigenvalue weighted by Crippen LogP contribution is 2.32. The molecular weight excluding hydrogens is 293 g/mol. The van der Waals surface area contributed by atoms with Crippen molar-refractivity contribution in [2.75, 3.05) is 6.54 Å². The second-order valence-corrected chi connectivity index (χ2v) is 7.90. The molecule has 21 heavy (non-hydrogen) atoms. The van der Waals surface area contributed by atoms with Crippen molar-refractivity contribution in [1.29, 1.82) is 0 Å². The number of hydrogen-bond acceptors (Lipinski definition) is 3. The molecule has 118 valence electrons. The van der Waals surface area contributed by atoms with Gasteiger partial charge in [-0.3, -0.25) is 0 Å². The summed E-state index contributed by atoms with van der Waals surface area (Å²) in [5, 5.41) is 10.5. The summed E-state index contributed by atoms with van der Waals surface area (Å²) in [6.07, 6.45) is 3.15. The van der Waals surface area contributed by atoms with Gasteiger partial charge in [0.1, 0.15) is 5.82 Å². The van der Waals surface area contributed by atoms with E-state index < -0.39 is 21.4 Å². The Labute approximate surface area is 125 Å². The van der Waals surface area contributed by atoms with E-state index in [1.54, 1.807) is 6.92 Å². The Morgan fingerprint density at radius 2 is 2.19 bits per heavy atom. The van der Waals surface area contributed by atoms with E-state index in [1.807, 2.05) is 0 Å². The van der Waals surface area contributed by atoms with Crippen LogP contribution in [-0.2, 0) is 10.0 Å². The second kappa shape index (κ2) is 6.02. The smallest absolute Gasteiger partial charge is 0.240 e. The molecule has 0 aliphatic heterocycles. The summed E-state index contributed by atoms with van der Waals surface area (Å²) >= 11 is 0. The lowest BCUT2D eigenvalue weighted by atomic mass is 9.79. The molecule has 2 atom stereocenters. The van der Waals surface area contributed by atoms with Crippen LogP contribution in [0.1, 0.15) is 38.2 Å². The van der Waals surface area contributed by atoms with Crippen molar-refractivity contribution in [2.45, 2.75) is 50.0 Å². The van der Waals surface area contributed by atoms with E-state index in [2.05, 4.69) is 11.6 Å². The summed E-state index contributed by atoms with van der Waals surface area (Å²) in [5.74, 6) is -0.0769. The Kier molecular flexibility index (Phi) is 4.70. The van der Waals surface area contributed by atoms with Gasteiger partial charge in [0.25, 0.3) is 0 Å². The molecule has 0 bridgehead atoms. The summed E-state index contributed by atoms with van der Waals surface area (Å²) in [6, 6.07) is 3.56. The van der Waals surface area contributed by atoms with Crippen molar-refractivity contribution in [3.63, 3.8) is 0 Å². The quantitative estimate of drug-likeness (QED) is 0.896. The molecule has 1 fully saturated rings. The highest BCUT2D eigenvalue weighted by molar-refractivity contribution is 7.89. The summed E-state index contributed by atoms with van der Waals surface area (Å²) in [4.78, 5) is 0.0522. The highest BCUT2D eigenvalue weighted by atomic mass is 32.2. The van der Waals surface area contributed by atoms with Crippen molar-refractivity contribution >= 4 is 10.0 Å². The van der Waals surface area contributed by atoms with Gasteiger partial charge in [0.15, 0.2) is 0 Å². The van der Waals surface area contributed by atoms with Gasteiger partial charge in [0, 0.05) is 6.54 Å². The Bertz CT molecular complexity index is 617. The van der Waals surface area contributed by atoms with E-state index in [0.717, 1.165) is 18.9 Å². The molecule has 1 saturated carbocycles. The third kappa shape index (κ3) is 4.02. The molecule has 1 aromatic rings. The first kappa shape index (κ1) is 16.4. The van der Waals surface area contributed by atoms with Crippen molar-refractivity contribution in [2.24, 2.45) is 5.92 Å². The molecule has 1 aromatic carbocycles. The third-order valence-corrected chi connectivity index (χ3v) is 5.65. The van der Waals surface area contributed by atoms with Gasteiger partial charge in [-0.05, 0) is 49.4 Å². The number of aliphatic hydroxyl groups is 1. The van der Waals surface area contributed by atoms with Crippen LogP contribution in [0.25, 0.3) is 0 Å². The molecular formula is C15H22FNO3S. The zero-order chi connectivity index (χ0) is 15.7. The Morgan fingerprint density at radius 1 is 1.48 bits per heavy atom. The van der Waals surface area contributed by atoms with E-state index >= 15 is 0 Å². The molecule has 0 spiro atoms. The average molecular weight is 315 g/mol. The maximum absolute atomic E-state index is 13.1. The molecule has 2 unspecified atom stereocenters. The minimum absolute atomic E-state index is 0.00348. The minimum Gasteiger partial charge on any atom is -0.389 e. The average Bonchev–Trinajstić information content (AvgIpc) is 2.36. The fourth-order valence-corrected chi connectivity index (χ4v) is 4.36. The first-order valence-electron chi connectivity index (χ1n) is 7.20. The van der Waals surface area contributed by atoms with Crippen molar-refractivity contribution in [3.8, 4) is 0 Å². The SMILES string of the molecule is Cc1cc(F)ccc1S(=O)(=O)NCC1(O)CCCC(C)C1. The van der Waals surface area contributed by atoms with Crippen molar-refractivity contribution in [3.05, 3.63) is 29.6 Å². The van der Waals surface area contributed by atoms with Crippen LogP contribution in [0.15, 0.2) is 23.1 Å². The maximum atomic E-state index is 13.1. The summed E-state index contributed by atoms with van der Waals surface area (Å²) in [7, 11) is -3.74. The Morgan fingerprint density at radius 3 is 2.81 bits per heavy atom. The molecule has 4 nitrogen and oxygen atoms in total. The molecule has 0 saturated heterocycles. The second-order valence-electron chi connectivity index (χ2n) is 6.16. The van der Waals surface area contributed by atoms with E-state index in [1.165, 1.54) is 12.1 Å². The van der Waals surface area contributed by atoms with Crippen LogP contribution >= 0.6 is 0 Å². The number of nitrogens with one attached hydrogen (secondary N) is 1. The first-order valence-corrected chi connectivity index (χ1v) is 8.68. The van der Waals surface area contributed by atoms with Gasteiger partial charge in [0.2, 0.25) is 10.0 Å². The van der Waals surface area contributed by atoms with Gasteiger partial charge in [-0.25, -0.2) is 17.5 Å². The molecule has 0 radical (unpaired) electrons. The molecule has 0 amide bonds. The van der Waals surface area contributed by atoms with E-state index in [0.29, 0.717) is 24.3 Å². The minimum atomic E-state index is -3.74. The lowest BCUT2D eigenvalue weighted by Gasteiger charge is -2.35. The van der Waals surface area contributed by atoms with Crippen LogP contribution < -0.4 is 4.72 Å². The molecule has 0 heterocycles. The van der Waals surface area contributed by atoms with Crippen LogP contribution in [0.3, 0.4) is 0 Å². The molecule has 2 rings (SSSR count). The van der Waals surface area contributed by atoms with Crippen molar-refractivity contribution < 1.29 is 17.9 Å². The predicted molar refractivity (Wildman–Crippen MR) is 78.9 cm³/mol. The van der Waals surface area contributed by atoms with E-state index in [-0.39, 0.29) is 11.4 Å². The Hall–Kier alpha value is -0.980. The number of aryl methyl sites for hydroxylation is 1. The van der Waals surface area contributed by atoms with Gasteiger partial charge in [-0.2, -0.15) is 0 Å². The fraction of sp³-hybridized carbons (Fsp3) is 0.600. The molecule has 1 aliphatic carbocycles. The topological polar surface area (TPSA) is 66.4 Å². The molecule has 1 aliphatic rings. The van der Waals surface area contributed by atoms with E-state index in [4.69, 9.17) is 0 Å². The predicted octanol–water partition coefficient (Wildman–Crippen LogP) is 2.35. The van der Waals surface area contributed by atoms with Gasteiger partial charge in [-0.15, -0.1) is 0 Å². The van der Waals surface area contributed by atoms with Crippen LogP contribution in [0.2, 0.25) is 0 Å². The van der Waals surface area contributed by atoms with Gasteiger partial charge < -0.3 is 5.11 Å². The van der Waals surface area contributed by atoms with Gasteiger partial charge in [0.05, 0.1) is 10.5 Å². The first-order chi connectivity index (χ1) is 9.72. The Balaban J connectivity index is 2.11. The van der Waals surface area contributed by atoms with Crippen molar-refractivity contribution in [1.82, 2.24) is 4.72 Å². The summed E-state index contributed by atoms with van der Waals surface area (Å²) in [6.45, 7) is 3.61. The van der Waals surface area contributed by atoms with Crippen LogP contribution in [0, 0.1) is 18.7 Å². The summed E-state index contributed by atoms with van der Waals surface area (Å²) in [5.41, 5.74) is -0.634. The number of rotatable bonds is 4. The third-order valence-electron chi connectivity index (χ3n) is 4.09. The standard InChI is InChI=1S/C15H22FNO3S/c1-11-4-3-7-15(18,9-11)10-17-21(19,20)14-6-5-13(16)8-12(14)2/h5-6,8,11,17-18H,3-4,7,9-10H2,1-2H3. The zero-order valence-corrected chi connectivity index (χ0v) is 13.2. The fourth-order valence-electron chi connectivity index (χ4n) is 3.01. The molecule has 2 N–H and O–H groups in total. The van der Waals surface area contributed by atoms with Crippen LogP contribution in [0.4, 0.5) is 4.39 Å². The normalized spacial score (nSPS) is 26.8. The number of halogens is 1. The molecule has 6 heteroatoms. The monoisotopic (exact) mass is 315 g/mol. The molecule has 0 aromatic heterocycles. The number of benzene rings is 1. The zero-order valence-electron chi connectivity index (χ0n) is 12.4. The van der Waals surface area contributed by atoms with Gasteiger partial charge >= 0.3 is 0 Å². The lowest BCUT2D eigenvalue weighted by molar-refractivity contribution is -0.00752. The van der Waals surface area contributed by atoms with Crippen LogP contribution in [-0.4, -0.2) is 25.7 Å². The van der Waals surface area contributed by atoms with Crippen LogP contribution in [0.5, 0.6) is 0 Å². The van der Waals surface area contributed by atoms with Gasteiger partial charge in [-0.1, -0.05) is 19.8 Å². The highest BCUT2D eigenvalue weighted by Gasteiger charge is 2.34. The van der Waals surface area contributed by atoms with E-state index in [9.17, 15) is 17.9 Å². The summed E-state index contributed by atoms with van der Waals surface area (Å²) < 4.78 is 40.1.